The molecule has 0 aliphatic rings. The Kier molecular flexibility index (Phi) is 2.96. The standard InChI is InChI=1S/C12H11N7O/c1-20-9-7-8(3-5-14-9)10-16-11(13)18-12(17-10)19-6-2-4-15-19/h2-7H,1H3,(H2,13,16,17,18). The highest BCUT2D eigenvalue weighted by Gasteiger charge is 2.09. The van der Waals surface area contributed by atoms with Gasteiger partial charge < -0.3 is 10.5 Å². The van der Waals surface area contributed by atoms with Gasteiger partial charge in [0, 0.05) is 30.2 Å². The summed E-state index contributed by atoms with van der Waals surface area (Å²) in [5, 5.41) is 4.07. The predicted molar refractivity (Wildman–Crippen MR) is 71.1 cm³/mol. The number of nitrogen functional groups attached to an aromatic ring is 1. The highest BCUT2D eigenvalue weighted by atomic mass is 16.5. The van der Waals surface area contributed by atoms with Crippen molar-refractivity contribution < 1.29 is 4.74 Å². The number of methoxy groups -OCH3 is 1. The molecule has 0 aromatic carbocycles. The number of rotatable bonds is 3. The summed E-state index contributed by atoms with van der Waals surface area (Å²) in [6, 6.07) is 5.26. The normalized spacial score (nSPS) is 10.4. The van der Waals surface area contributed by atoms with E-state index in [1.54, 1.807) is 43.9 Å². The summed E-state index contributed by atoms with van der Waals surface area (Å²) in [5.74, 6) is 1.38. The van der Waals surface area contributed by atoms with Gasteiger partial charge in [-0.15, -0.1) is 0 Å². The topological polar surface area (TPSA) is 105 Å². The average molecular weight is 269 g/mol. The maximum absolute atomic E-state index is 5.72. The van der Waals surface area contributed by atoms with Crippen LogP contribution in [0.1, 0.15) is 0 Å². The van der Waals surface area contributed by atoms with Crippen LogP contribution in [-0.4, -0.2) is 36.8 Å². The maximum Gasteiger partial charge on any atom is 0.255 e. The molecular weight excluding hydrogens is 258 g/mol. The smallest absolute Gasteiger partial charge is 0.255 e. The van der Waals surface area contributed by atoms with Crippen molar-refractivity contribution in [2.24, 2.45) is 0 Å². The van der Waals surface area contributed by atoms with Crippen molar-refractivity contribution >= 4 is 5.95 Å². The molecular formula is C12H11N7O. The van der Waals surface area contributed by atoms with E-state index in [9.17, 15) is 0 Å². The number of pyridine rings is 1. The van der Waals surface area contributed by atoms with Crippen LogP contribution in [0.4, 0.5) is 5.95 Å². The van der Waals surface area contributed by atoms with Crippen LogP contribution in [0, 0.1) is 0 Å². The van der Waals surface area contributed by atoms with Crippen molar-refractivity contribution in [2.45, 2.75) is 0 Å². The third-order valence-electron chi connectivity index (χ3n) is 2.55. The minimum Gasteiger partial charge on any atom is -0.481 e. The molecule has 8 nitrogen and oxygen atoms in total. The van der Waals surface area contributed by atoms with E-state index in [0.717, 1.165) is 5.56 Å². The monoisotopic (exact) mass is 269 g/mol. The van der Waals surface area contributed by atoms with Crippen molar-refractivity contribution in [1.29, 1.82) is 0 Å². The van der Waals surface area contributed by atoms with Gasteiger partial charge >= 0.3 is 0 Å². The van der Waals surface area contributed by atoms with Gasteiger partial charge in [0.1, 0.15) is 0 Å². The van der Waals surface area contributed by atoms with E-state index >= 15 is 0 Å². The quantitative estimate of drug-likeness (QED) is 0.746. The predicted octanol–water partition coefficient (Wildman–Crippen LogP) is 0.710. The maximum atomic E-state index is 5.72. The van der Waals surface area contributed by atoms with E-state index in [1.807, 2.05) is 0 Å². The van der Waals surface area contributed by atoms with Crippen LogP contribution in [0.3, 0.4) is 0 Å². The van der Waals surface area contributed by atoms with Gasteiger partial charge in [-0.25, -0.2) is 9.67 Å². The summed E-state index contributed by atoms with van der Waals surface area (Å²) in [6.45, 7) is 0. The first kappa shape index (κ1) is 12.0. The highest BCUT2D eigenvalue weighted by molar-refractivity contribution is 5.57. The number of anilines is 1. The van der Waals surface area contributed by atoms with E-state index in [-0.39, 0.29) is 5.95 Å². The summed E-state index contributed by atoms with van der Waals surface area (Å²) >= 11 is 0. The third-order valence-corrected chi connectivity index (χ3v) is 2.55. The van der Waals surface area contributed by atoms with Gasteiger partial charge in [0.15, 0.2) is 5.82 Å². The molecule has 3 aromatic rings. The van der Waals surface area contributed by atoms with E-state index < -0.39 is 0 Å². The molecule has 0 unspecified atom stereocenters. The second-order valence-corrected chi connectivity index (χ2v) is 3.85. The van der Waals surface area contributed by atoms with Gasteiger partial charge in [-0.05, 0) is 12.1 Å². The molecule has 3 rings (SSSR count). The van der Waals surface area contributed by atoms with E-state index in [1.165, 1.54) is 4.68 Å². The largest absolute Gasteiger partial charge is 0.481 e. The molecule has 0 bridgehead atoms. The molecule has 100 valence electrons. The molecule has 0 aliphatic heterocycles. The van der Waals surface area contributed by atoms with Crippen LogP contribution in [0.5, 0.6) is 5.88 Å². The fourth-order valence-corrected chi connectivity index (χ4v) is 1.66. The number of aromatic nitrogens is 6. The van der Waals surface area contributed by atoms with Crippen molar-refractivity contribution in [2.75, 3.05) is 12.8 Å². The zero-order chi connectivity index (χ0) is 13.9. The minimum atomic E-state index is 0.122. The van der Waals surface area contributed by atoms with Gasteiger partial charge in [-0.3, -0.25) is 0 Å². The number of hydrogen-bond acceptors (Lipinski definition) is 7. The first-order valence-electron chi connectivity index (χ1n) is 5.78. The third kappa shape index (κ3) is 2.26. The van der Waals surface area contributed by atoms with Crippen LogP contribution in [-0.2, 0) is 0 Å². The molecule has 20 heavy (non-hydrogen) atoms. The molecule has 0 spiro atoms. The van der Waals surface area contributed by atoms with E-state index in [0.29, 0.717) is 17.7 Å². The molecule has 0 saturated carbocycles. The lowest BCUT2D eigenvalue weighted by molar-refractivity contribution is 0.398. The highest BCUT2D eigenvalue weighted by Crippen LogP contribution is 2.19. The second-order valence-electron chi connectivity index (χ2n) is 3.85. The Hall–Kier alpha value is -3.03. The molecule has 3 heterocycles. The van der Waals surface area contributed by atoms with Crippen molar-refractivity contribution in [3.05, 3.63) is 36.8 Å². The summed E-state index contributed by atoms with van der Waals surface area (Å²) in [6.07, 6.45) is 4.97. The molecule has 2 N–H and O–H groups in total. The summed E-state index contributed by atoms with van der Waals surface area (Å²) in [5.41, 5.74) is 6.46. The van der Waals surface area contributed by atoms with Crippen molar-refractivity contribution in [3.63, 3.8) is 0 Å². The Balaban J connectivity index is 2.09. The molecule has 0 fully saturated rings. The van der Waals surface area contributed by atoms with Crippen molar-refractivity contribution in [3.8, 4) is 23.2 Å². The van der Waals surface area contributed by atoms with Crippen LogP contribution < -0.4 is 10.5 Å². The van der Waals surface area contributed by atoms with E-state index in [4.69, 9.17) is 10.5 Å². The molecule has 3 aromatic heterocycles. The van der Waals surface area contributed by atoms with Gasteiger partial charge in [0.05, 0.1) is 7.11 Å². The van der Waals surface area contributed by atoms with Crippen LogP contribution in [0.2, 0.25) is 0 Å². The molecule has 0 amide bonds. The average Bonchev–Trinajstić information content (AvgIpc) is 3.01. The van der Waals surface area contributed by atoms with Gasteiger partial charge in [0.2, 0.25) is 11.8 Å². The summed E-state index contributed by atoms with van der Waals surface area (Å²) < 4.78 is 6.59. The molecule has 0 atom stereocenters. The van der Waals surface area contributed by atoms with Gasteiger partial charge in [-0.1, -0.05) is 0 Å². The van der Waals surface area contributed by atoms with Crippen LogP contribution in [0.25, 0.3) is 17.3 Å². The van der Waals surface area contributed by atoms with Crippen LogP contribution >= 0.6 is 0 Å². The van der Waals surface area contributed by atoms with E-state index in [2.05, 4.69) is 25.0 Å². The Morgan fingerprint density at radius 1 is 1.20 bits per heavy atom. The fourth-order valence-electron chi connectivity index (χ4n) is 1.66. The number of nitrogens with two attached hydrogens (primary N) is 1. The lowest BCUT2D eigenvalue weighted by atomic mass is 10.2. The SMILES string of the molecule is COc1cc(-c2nc(N)nc(-n3cccn3)n2)ccn1. The second kappa shape index (κ2) is 4.92. The number of nitrogens with zero attached hydrogens (tertiary/aromatic N) is 6. The first-order chi connectivity index (χ1) is 9.76. The Labute approximate surface area is 114 Å². The summed E-state index contributed by atoms with van der Waals surface area (Å²) in [4.78, 5) is 16.5. The van der Waals surface area contributed by atoms with Gasteiger partial charge in [-0.2, -0.15) is 20.1 Å². The summed E-state index contributed by atoms with van der Waals surface area (Å²) in [7, 11) is 1.54. The molecule has 8 heteroatoms. The lowest BCUT2D eigenvalue weighted by Gasteiger charge is -2.05. The fraction of sp³-hybridized carbons (Fsp3) is 0.0833. The zero-order valence-electron chi connectivity index (χ0n) is 10.6. The zero-order valence-corrected chi connectivity index (χ0v) is 10.6. The molecule has 0 saturated heterocycles. The van der Waals surface area contributed by atoms with Crippen molar-refractivity contribution in [1.82, 2.24) is 29.7 Å². The number of ether oxygens (including phenoxy) is 1. The lowest BCUT2D eigenvalue weighted by Crippen LogP contribution is -2.08. The number of hydrogen-bond donors (Lipinski definition) is 1. The van der Waals surface area contributed by atoms with Gasteiger partial charge in [0.25, 0.3) is 5.95 Å². The first-order valence-corrected chi connectivity index (χ1v) is 5.78. The Bertz CT molecular complexity index is 726. The minimum absolute atomic E-state index is 0.122. The Morgan fingerprint density at radius 3 is 2.85 bits per heavy atom. The molecule has 0 radical (unpaired) electrons. The molecule has 0 aliphatic carbocycles. The van der Waals surface area contributed by atoms with Crippen LogP contribution in [0.15, 0.2) is 36.8 Å². The Morgan fingerprint density at radius 2 is 2.10 bits per heavy atom.